The minimum atomic E-state index is -0.414. The summed E-state index contributed by atoms with van der Waals surface area (Å²) in [6.07, 6.45) is 5.47. The van der Waals surface area contributed by atoms with E-state index in [1.54, 1.807) is 48.7 Å². The Hall–Kier alpha value is -4.56. The third kappa shape index (κ3) is 3.97. The molecule has 5 rings (SSSR count). The zero-order valence-corrected chi connectivity index (χ0v) is 19.8. The Balaban J connectivity index is 1.54. The predicted octanol–water partition coefficient (Wildman–Crippen LogP) is 3.69. The third-order valence-corrected chi connectivity index (χ3v) is 6.14. The number of aliphatic hydroxyl groups is 1. The lowest BCUT2D eigenvalue weighted by Crippen LogP contribution is -2.40. The molecule has 36 heavy (non-hydrogen) atoms. The Bertz CT molecular complexity index is 1490. The molecule has 2 amide bonds. The number of hydrogen-bond donors (Lipinski definition) is 1. The molecule has 0 bridgehead atoms. The fraction of sp³-hybridized carbons (Fsp3) is 0.143. The monoisotopic (exact) mass is 482 g/mol. The Morgan fingerprint density at radius 2 is 1.64 bits per heavy atom. The van der Waals surface area contributed by atoms with E-state index in [2.05, 4.69) is 4.99 Å². The molecule has 0 saturated carbocycles. The van der Waals surface area contributed by atoms with Crippen LogP contribution < -0.4 is 18.9 Å². The first kappa shape index (κ1) is 23.2. The second-order valence-corrected chi connectivity index (χ2v) is 8.20. The summed E-state index contributed by atoms with van der Waals surface area (Å²) in [6, 6.07) is 17.6. The van der Waals surface area contributed by atoms with Gasteiger partial charge in [-0.05, 0) is 30.3 Å². The number of imide groups is 1. The molecule has 1 aliphatic heterocycles. The van der Waals surface area contributed by atoms with Crippen molar-refractivity contribution in [2.75, 3.05) is 25.7 Å². The van der Waals surface area contributed by atoms with Gasteiger partial charge in [-0.25, -0.2) is 9.47 Å². The number of anilines is 1. The molecule has 1 aliphatic rings. The van der Waals surface area contributed by atoms with E-state index in [1.807, 2.05) is 35.2 Å². The maximum Gasteiger partial charge on any atom is 0.265 e. The van der Waals surface area contributed by atoms with Gasteiger partial charge in [0.05, 0.1) is 25.6 Å². The minimum Gasteiger partial charge on any atom is -0.493 e. The minimum absolute atomic E-state index is 0.0691. The summed E-state index contributed by atoms with van der Waals surface area (Å²) in [5.41, 5.74) is 2.80. The number of aliphatic imine (C=N–C) groups is 1. The van der Waals surface area contributed by atoms with E-state index in [-0.39, 0.29) is 6.61 Å². The molecular formula is C28H24N3O5+. The number of aliphatic hydroxyl groups excluding tert-OH is 1. The van der Waals surface area contributed by atoms with Gasteiger partial charge in [0, 0.05) is 51.9 Å². The maximum atomic E-state index is 13.5. The molecule has 8 heteroatoms. The van der Waals surface area contributed by atoms with E-state index < -0.39 is 11.8 Å². The van der Waals surface area contributed by atoms with Gasteiger partial charge in [-0.2, -0.15) is 0 Å². The number of ether oxygens (including phenoxy) is 2. The molecule has 0 unspecified atom stereocenters. The summed E-state index contributed by atoms with van der Waals surface area (Å²) in [5.74, 6) is 0.0998. The van der Waals surface area contributed by atoms with E-state index in [4.69, 9.17) is 14.6 Å². The first-order valence-corrected chi connectivity index (χ1v) is 11.4. The van der Waals surface area contributed by atoms with Crippen LogP contribution in [0.2, 0.25) is 0 Å². The highest BCUT2D eigenvalue weighted by molar-refractivity contribution is 6.36. The summed E-state index contributed by atoms with van der Waals surface area (Å²) >= 11 is 0. The van der Waals surface area contributed by atoms with Crippen LogP contribution in [0, 0.1) is 0 Å². The van der Waals surface area contributed by atoms with Crippen molar-refractivity contribution in [2.45, 2.75) is 6.54 Å². The van der Waals surface area contributed by atoms with Gasteiger partial charge in [0.1, 0.15) is 6.61 Å². The van der Waals surface area contributed by atoms with Crippen LogP contribution in [0.25, 0.3) is 10.8 Å². The van der Waals surface area contributed by atoms with Gasteiger partial charge >= 0.3 is 0 Å². The summed E-state index contributed by atoms with van der Waals surface area (Å²) in [7, 11) is 3.03. The number of aromatic nitrogens is 1. The Kier molecular flexibility index (Phi) is 6.18. The molecule has 2 heterocycles. The van der Waals surface area contributed by atoms with E-state index >= 15 is 0 Å². The molecule has 0 fully saturated rings. The van der Waals surface area contributed by atoms with Crippen molar-refractivity contribution >= 4 is 40.2 Å². The van der Waals surface area contributed by atoms with Crippen LogP contribution in [0.15, 0.2) is 78.0 Å². The maximum absolute atomic E-state index is 13.5. The van der Waals surface area contributed by atoms with Crippen LogP contribution in [-0.2, 0) is 6.54 Å². The molecule has 0 radical (unpaired) electrons. The Morgan fingerprint density at radius 3 is 2.33 bits per heavy atom. The quantitative estimate of drug-likeness (QED) is 0.246. The zero-order valence-electron chi connectivity index (χ0n) is 19.8. The van der Waals surface area contributed by atoms with E-state index in [1.165, 1.54) is 14.2 Å². The zero-order chi connectivity index (χ0) is 25.2. The van der Waals surface area contributed by atoms with Crippen molar-refractivity contribution in [1.29, 1.82) is 0 Å². The van der Waals surface area contributed by atoms with E-state index in [0.717, 1.165) is 15.8 Å². The average molecular weight is 483 g/mol. The number of rotatable bonds is 7. The van der Waals surface area contributed by atoms with Crippen molar-refractivity contribution in [3.8, 4) is 11.5 Å². The predicted molar refractivity (Wildman–Crippen MR) is 136 cm³/mol. The second-order valence-electron chi connectivity index (χ2n) is 8.20. The number of hydrogen-bond acceptors (Lipinski definition) is 6. The van der Waals surface area contributed by atoms with Gasteiger partial charge in [0.25, 0.3) is 11.8 Å². The van der Waals surface area contributed by atoms with Crippen molar-refractivity contribution in [1.82, 2.24) is 0 Å². The van der Waals surface area contributed by atoms with E-state index in [0.29, 0.717) is 45.9 Å². The van der Waals surface area contributed by atoms with Gasteiger partial charge in [0.2, 0.25) is 0 Å². The molecule has 1 aromatic heterocycles. The lowest BCUT2D eigenvalue weighted by atomic mass is 9.92. The number of pyridine rings is 1. The molecule has 8 nitrogen and oxygen atoms in total. The van der Waals surface area contributed by atoms with Gasteiger partial charge in [-0.15, -0.1) is 0 Å². The number of nitrogens with zero attached hydrogens (tertiary/aromatic N) is 3. The van der Waals surface area contributed by atoms with Crippen LogP contribution in [0.3, 0.4) is 0 Å². The topological polar surface area (TPSA) is 92.3 Å². The number of benzene rings is 3. The highest BCUT2D eigenvalue weighted by Gasteiger charge is 2.34. The summed E-state index contributed by atoms with van der Waals surface area (Å²) < 4.78 is 12.5. The summed E-state index contributed by atoms with van der Waals surface area (Å²) in [4.78, 5) is 32.8. The lowest BCUT2D eigenvalue weighted by Gasteiger charge is -2.28. The fourth-order valence-electron chi connectivity index (χ4n) is 4.36. The highest BCUT2D eigenvalue weighted by atomic mass is 16.5. The van der Waals surface area contributed by atoms with Gasteiger partial charge in [0.15, 0.2) is 30.4 Å². The normalized spacial score (nSPS) is 13.0. The van der Waals surface area contributed by atoms with Gasteiger partial charge in [-0.3, -0.25) is 14.6 Å². The van der Waals surface area contributed by atoms with Gasteiger partial charge < -0.3 is 14.6 Å². The molecule has 4 aromatic rings. The Labute approximate surface area is 207 Å². The number of methoxy groups -OCH3 is 2. The SMILES string of the molecule is COc1ccc(N2C(=O)c3cccc4c(/N=C/c5cc[n+](CCO)cc5)ccc(c34)C2=O)cc1OC. The van der Waals surface area contributed by atoms with Crippen molar-refractivity contribution in [2.24, 2.45) is 4.99 Å². The smallest absolute Gasteiger partial charge is 0.265 e. The standard InChI is InChI=1S/C28H24N3O5/c1-35-24-9-6-19(16-25(24)36-2)31-27(33)21-5-3-4-20-23(8-7-22(26(20)21)28(31)34)29-17-18-10-12-30(13-11-18)14-15-32/h3-13,16-17,32H,14-15H2,1-2H3/q+1/b29-17+. The summed E-state index contributed by atoms with van der Waals surface area (Å²) in [6.45, 7) is 0.592. The number of carbonyl (C=O) groups is 2. The summed E-state index contributed by atoms with van der Waals surface area (Å²) in [5, 5.41) is 10.4. The number of carbonyl (C=O) groups excluding carboxylic acids is 2. The molecular weight excluding hydrogens is 458 g/mol. The van der Waals surface area contributed by atoms with Crippen LogP contribution in [0.5, 0.6) is 11.5 Å². The van der Waals surface area contributed by atoms with Gasteiger partial charge in [-0.1, -0.05) is 12.1 Å². The molecule has 0 aliphatic carbocycles. The Morgan fingerprint density at radius 1 is 0.917 bits per heavy atom. The van der Waals surface area contributed by atoms with Crippen molar-refractivity contribution < 1.29 is 28.7 Å². The first-order valence-electron chi connectivity index (χ1n) is 11.4. The largest absolute Gasteiger partial charge is 0.493 e. The molecule has 1 N–H and O–H groups in total. The van der Waals surface area contributed by atoms with Crippen molar-refractivity contribution in [3.63, 3.8) is 0 Å². The first-order chi connectivity index (χ1) is 17.5. The third-order valence-electron chi connectivity index (χ3n) is 6.14. The molecule has 0 atom stereocenters. The molecule has 0 spiro atoms. The fourth-order valence-corrected chi connectivity index (χ4v) is 4.36. The average Bonchev–Trinajstić information content (AvgIpc) is 2.91. The van der Waals surface area contributed by atoms with Crippen LogP contribution >= 0.6 is 0 Å². The van der Waals surface area contributed by atoms with Crippen LogP contribution in [0.4, 0.5) is 11.4 Å². The van der Waals surface area contributed by atoms with Crippen LogP contribution in [-0.4, -0.2) is 44.0 Å². The second kappa shape index (κ2) is 9.59. The van der Waals surface area contributed by atoms with E-state index in [9.17, 15) is 9.59 Å². The number of amides is 2. The highest BCUT2D eigenvalue weighted by Crippen LogP contribution is 2.39. The molecule has 3 aromatic carbocycles. The van der Waals surface area contributed by atoms with Crippen LogP contribution in [0.1, 0.15) is 26.3 Å². The molecule has 0 saturated heterocycles. The molecule has 180 valence electrons. The lowest BCUT2D eigenvalue weighted by molar-refractivity contribution is -0.698. The van der Waals surface area contributed by atoms with Crippen molar-refractivity contribution in [3.05, 3.63) is 89.7 Å².